The number of amides is 2. The molecule has 0 spiro atoms. The Labute approximate surface area is 113 Å². The van der Waals surface area contributed by atoms with Crippen molar-refractivity contribution < 1.29 is 9.59 Å². The van der Waals surface area contributed by atoms with E-state index in [0.29, 0.717) is 5.92 Å². The molecule has 0 saturated carbocycles. The van der Waals surface area contributed by atoms with E-state index < -0.39 is 5.54 Å². The van der Waals surface area contributed by atoms with Crippen LogP contribution in [0.1, 0.15) is 39.2 Å². The van der Waals surface area contributed by atoms with Crippen molar-refractivity contribution in [3.63, 3.8) is 0 Å². The minimum Gasteiger partial charge on any atom is -0.341 e. The maximum absolute atomic E-state index is 12.4. The van der Waals surface area contributed by atoms with Gasteiger partial charge in [-0.3, -0.25) is 9.59 Å². The molecule has 4 heteroatoms. The topological polar surface area (TPSA) is 49.4 Å². The zero-order chi connectivity index (χ0) is 14.2. The number of nitrogens with zero attached hydrogens (tertiary/aromatic N) is 1. The lowest BCUT2D eigenvalue weighted by molar-refractivity contribution is -0.134. The van der Waals surface area contributed by atoms with Gasteiger partial charge < -0.3 is 10.2 Å². The van der Waals surface area contributed by atoms with Crippen LogP contribution in [0, 0.1) is 0 Å². The fraction of sp³-hybridized carbons (Fsp3) is 0.467. The molecular formula is C15H20N2O2. The van der Waals surface area contributed by atoms with E-state index in [1.807, 2.05) is 24.3 Å². The second kappa shape index (κ2) is 4.68. The Balaban J connectivity index is 2.37. The summed E-state index contributed by atoms with van der Waals surface area (Å²) in [6.45, 7) is 7.75. The Hall–Kier alpha value is -1.84. The van der Waals surface area contributed by atoms with Crippen LogP contribution in [0.5, 0.6) is 0 Å². The number of hydrogen-bond acceptors (Lipinski definition) is 2. The highest BCUT2D eigenvalue weighted by atomic mass is 16.2. The molecular weight excluding hydrogens is 240 g/mol. The summed E-state index contributed by atoms with van der Waals surface area (Å²) in [7, 11) is 0. The van der Waals surface area contributed by atoms with Crippen molar-refractivity contribution in [2.75, 3.05) is 11.4 Å². The van der Waals surface area contributed by atoms with Crippen LogP contribution >= 0.6 is 0 Å². The molecule has 0 aromatic heterocycles. The summed E-state index contributed by atoms with van der Waals surface area (Å²) in [5, 5.41) is 2.71. The number of benzene rings is 1. The van der Waals surface area contributed by atoms with Crippen LogP contribution in [0.2, 0.25) is 0 Å². The Morgan fingerprint density at radius 1 is 1.26 bits per heavy atom. The summed E-state index contributed by atoms with van der Waals surface area (Å²) >= 11 is 0. The van der Waals surface area contributed by atoms with E-state index in [0.717, 1.165) is 11.3 Å². The van der Waals surface area contributed by atoms with Gasteiger partial charge in [-0.25, -0.2) is 0 Å². The summed E-state index contributed by atoms with van der Waals surface area (Å²) in [4.78, 5) is 25.7. The van der Waals surface area contributed by atoms with Gasteiger partial charge in [0.1, 0.15) is 12.1 Å². The van der Waals surface area contributed by atoms with Crippen LogP contribution in [0.25, 0.3) is 0 Å². The molecule has 1 aromatic carbocycles. The lowest BCUT2D eigenvalue weighted by Gasteiger charge is -2.37. The van der Waals surface area contributed by atoms with Gasteiger partial charge in [-0.1, -0.05) is 26.0 Å². The highest BCUT2D eigenvalue weighted by Gasteiger charge is 2.39. The van der Waals surface area contributed by atoms with Gasteiger partial charge in [-0.15, -0.1) is 0 Å². The van der Waals surface area contributed by atoms with Gasteiger partial charge in [0.05, 0.1) is 0 Å². The second-order valence-electron chi connectivity index (χ2n) is 5.81. The molecule has 1 aliphatic heterocycles. The van der Waals surface area contributed by atoms with Crippen LogP contribution < -0.4 is 10.2 Å². The molecule has 0 aliphatic carbocycles. The standard InChI is InChI=1S/C15H20N2O2/c1-10(2)11-6-5-7-12(8-11)17-9-13(18)16-15(3,4)14(17)19/h5-8,10H,9H2,1-4H3,(H,16,18). The summed E-state index contributed by atoms with van der Waals surface area (Å²) in [6, 6.07) is 7.82. The maximum atomic E-state index is 12.4. The molecule has 1 fully saturated rings. The molecule has 0 unspecified atom stereocenters. The average Bonchev–Trinajstić information content (AvgIpc) is 2.33. The first kappa shape index (κ1) is 13.6. The first-order valence-electron chi connectivity index (χ1n) is 6.54. The van der Waals surface area contributed by atoms with Gasteiger partial charge in [0, 0.05) is 5.69 Å². The van der Waals surface area contributed by atoms with Crippen molar-refractivity contribution in [2.24, 2.45) is 0 Å². The predicted molar refractivity (Wildman–Crippen MR) is 75.1 cm³/mol. The van der Waals surface area contributed by atoms with Crippen molar-refractivity contribution in [1.29, 1.82) is 0 Å². The molecule has 0 atom stereocenters. The largest absolute Gasteiger partial charge is 0.341 e. The first-order chi connectivity index (χ1) is 8.81. The molecule has 0 radical (unpaired) electrons. The van der Waals surface area contributed by atoms with E-state index in [2.05, 4.69) is 19.2 Å². The number of nitrogens with one attached hydrogen (secondary N) is 1. The lowest BCUT2D eigenvalue weighted by atomic mass is 9.98. The summed E-state index contributed by atoms with van der Waals surface area (Å²) in [5.74, 6) is 0.189. The Kier molecular flexibility index (Phi) is 3.35. The zero-order valence-electron chi connectivity index (χ0n) is 11.9. The molecule has 0 bridgehead atoms. The molecule has 102 valence electrons. The van der Waals surface area contributed by atoms with Gasteiger partial charge >= 0.3 is 0 Å². The summed E-state index contributed by atoms with van der Waals surface area (Å²) in [6.07, 6.45) is 0. The predicted octanol–water partition coefficient (Wildman–Crippen LogP) is 2.05. The van der Waals surface area contributed by atoms with E-state index in [1.54, 1.807) is 18.7 Å². The van der Waals surface area contributed by atoms with Crippen molar-refractivity contribution in [1.82, 2.24) is 5.32 Å². The third-order valence-corrected chi connectivity index (χ3v) is 3.38. The van der Waals surface area contributed by atoms with Gasteiger partial charge in [0.25, 0.3) is 5.91 Å². The van der Waals surface area contributed by atoms with Gasteiger partial charge in [-0.05, 0) is 37.5 Å². The monoisotopic (exact) mass is 260 g/mol. The van der Waals surface area contributed by atoms with E-state index >= 15 is 0 Å². The van der Waals surface area contributed by atoms with E-state index in [1.165, 1.54) is 0 Å². The van der Waals surface area contributed by atoms with E-state index in [9.17, 15) is 9.59 Å². The number of rotatable bonds is 2. The molecule has 1 aliphatic rings. The SMILES string of the molecule is CC(C)c1cccc(N2CC(=O)NC(C)(C)C2=O)c1. The Bertz CT molecular complexity index is 521. The Morgan fingerprint density at radius 3 is 2.58 bits per heavy atom. The minimum atomic E-state index is -0.844. The molecule has 1 N–H and O–H groups in total. The summed E-state index contributed by atoms with van der Waals surface area (Å²) < 4.78 is 0. The molecule has 19 heavy (non-hydrogen) atoms. The highest BCUT2D eigenvalue weighted by molar-refractivity contribution is 6.08. The molecule has 2 rings (SSSR count). The molecule has 1 aromatic rings. The molecule has 2 amide bonds. The van der Waals surface area contributed by atoms with Crippen LogP contribution in [0.4, 0.5) is 5.69 Å². The lowest BCUT2D eigenvalue weighted by Crippen LogP contribution is -2.64. The second-order valence-corrected chi connectivity index (χ2v) is 5.81. The number of carbonyl (C=O) groups is 2. The van der Waals surface area contributed by atoms with Gasteiger partial charge in [0.15, 0.2) is 0 Å². The van der Waals surface area contributed by atoms with Crippen LogP contribution in [-0.2, 0) is 9.59 Å². The normalized spacial score (nSPS) is 18.7. The number of piperazine rings is 1. The quantitative estimate of drug-likeness (QED) is 0.884. The van der Waals surface area contributed by atoms with Crippen molar-refractivity contribution >= 4 is 17.5 Å². The van der Waals surface area contributed by atoms with Gasteiger partial charge in [-0.2, -0.15) is 0 Å². The summed E-state index contributed by atoms with van der Waals surface area (Å²) in [5.41, 5.74) is 1.11. The number of carbonyl (C=O) groups excluding carboxylic acids is 2. The number of anilines is 1. The van der Waals surface area contributed by atoms with E-state index in [4.69, 9.17) is 0 Å². The third kappa shape index (κ3) is 2.62. The molecule has 1 heterocycles. The average molecular weight is 260 g/mol. The van der Waals surface area contributed by atoms with Crippen molar-refractivity contribution in [3.05, 3.63) is 29.8 Å². The maximum Gasteiger partial charge on any atom is 0.252 e. The number of hydrogen-bond donors (Lipinski definition) is 1. The molecule has 4 nitrogen and oxygen atoms in total. The van der Waals surface area contributed by atoms with Crippen LogP contribution in [0.15, 0.2) is 24.3 Å². The van der Waals surface area contributed by atoms with Crippen molar-refractivity contribution in [3.8, 4) is 0 Å². The fourth-order valence-corrected chi connectivity index (χ4v) is 2.25. The molecule has 1 saturated heterocycles. The zero-order valence-corrected chi connectivity index (χ0v) is 11.9. The fourth-order valence-electron chi connectivity index (χ4n) is 2.25. The minimum absolute atomic E-state index is 0.0759. The smallest absolute Gasteiger partial charge is 0.252 e. The van der Waals surface area contributed by atoms with Crippen LogP contribution in [-0.4, -0.2) is 23.9 Å². The third-order valence-electron chi connectivity index (χ3n) is 3.38. The van der Waals surface area contributed by atoms with Crippen LogP contribution in [0.3, 0.4) is 0 Å². The first-order valence-corrected chi connectivity index (χ1v) is 6.54. The van der Waals surface area contributed by atoms with Crippen molar-refractivity contribution in [2.45, 2.75) is 39.2 Å². The van der Waals surface area contributed by atoms with E-state index in [-0.39, 0.29) is 18.4 Å². The van der Waals surface area contributed by atoms with Gasteiger partial charge in [0.2, 0.25) is 5.91 Å². The Morgan fingerprint density at radius 2 is 1.95 bits per heavy atom. The highest BCUT2D eigenvalue weighted by Crippen LogP contribution is 2.25.